The van der Waals surface area contributed by atoms with Crippen molar-refractivity contribution in [3.8, 4) is 16.9 Å². The summed E-state index contributed by atoms with van der Waals surface area (Å²) >= 11 is 0. The molecule has 0 aliphatic rings. The van der Waals surface area contributed by atoms with E-state index in [1.54, 1.807) is 25.3 Å². The Morgan fingerprint density at radius 2 is 1.39 bits per heavy atom. The molecule has 4 aromatic carbocycles. The van der Waals surface area contributed by atoms with Crippen molar-refractivity contribution < 1.29 is 27.0 Å². The van der Waals surface area contributed by atoms with Crippen molar-refractivity contribution >= 4 is 10.8 Å². The quantitative estimate of drug-likeness (QED) is 0.164. The SMILES string of the molecule is COCCCc1ccc(-c2ccc3c(F)c(CCc4ccc(OCC(F)(F)F)cc4)ccc3c2)cc1. The Balaban J connectivity index is 1.41. The van der Waals surface area contributed by atoms with Crippen LogP contribution in [-0.4, -0.2) is 26.5 Å². The summed E-state index contributed by atoms with van der Waals surface area (Å²) in [7, 11) is 1.71. The highest BCUT2D eigenvalue weighted by molar-refractivity contribution is 5.88. The molecule has 4 rings (SSSR count). The first-order valence-electron chi connectivity index (χ1n) is 11.9. The van der Waals surface area contributed by atoms with E-state index in [9.17, 15) is 13.2 Å². The number of ether oxygens (including phenoxy) is 2. The number of hydrogen-bond donors (Lipinski definition) is 0. The van der Waals surface area contributed by atoms with Gasteiger partial charge in [0.05, 0.1) is 0 Å². The van der Waals surface area contributed by atoms with Crippen LogP contribution in [0.1, 0.15) is 23.1 Å². The van der Waals surface area contributed by atoms with Crippen molar-refractivity contribution in [3.05, 3.63) is 101 Å². The first kappa shape index (κ1) is 25.7. The lowest BCUT2D eigenvalue weighted by atomic mass is 9.96. The summed E-state index contributed by atoms with van der Waals surface area (Å²) in [6.45, 7) is -0.580. The van der Waals surface area contributed by atoms with Gasteiger partial charge in [-0.1, -0.05) is 60.7 Å². The van der Waals surface area contributed by atoms with E-state index < -0.39 is 12.8 Å². The molecule has 0 bridgehead atoms. The van der Waals surface area contributed by atoms with Gasteiger partial charge in [0.15, 0.2) is 6.61 Å². The van der Waals surface area contributed by atoms with Crippen molar-refractivity contribution in [2.45, 2.75) is 31.9 Å². The summed E-state index contributed by atoms with van der Waals surface area (Å²) in [4.78, 5) is 0. The Labute approximate surface area is 208 Å². The molecule has 0 spiro atoms. The van der Waals surface area contributed by atoms with Crippen molar-refractivity contribution in [2.24, 2.45) is 0 Å². The lowest BCUT2D eigenvalue weighted by molar-refractivity contribution is -0.153. The largest absolute Gasteiger partial charge is 0.484 e. The molecular weight excluding hydrogens is 468 g/mol. The monoisotopic (exact) mass is 496 g/mol. The molecule has 0 fully saturated rings. The second-order valence-corrected chi connectivity index (χ2v) is 8.82. The summed E-state index contributed by atoms with van der Waals surface area (Å²) in [6.07, 6.45) is -1.37. The van der Waals surface area contributed by atoms with Gasteiger partial charge in [-0.05, 0) is 77.1 Å². The molecule has 0 unspecified atom stereocenters. The van der Waals surface area contributed by atoms with E-state index in [-0.39, 0.29) is 11.6 Å². The van der Waals surface area contributed by atoms with Crippen LogP contribution in [0.2, 0.25) is 0 Å². The standard InChI is InChI=1S/C30H28F4O2/c1-35-18-2-3-21-4-9-23(10-5-21)25-14-17-28-26(19-25)13-12-24(29(28)31)11-6-22-7-15-27(16-8-22)36-20-30(32,33)34/h4-5,7-10,12-17,19H,2-3,6,11,18,20H2,1H3. The number of methoxy groups -OCH3 is 1. The smallest absolute Gasteiger partial charge is 0.422 e. The van der Waals surface area contributed by atoms with Crippen LogP contribution in [0.15, 0.2) is 78.9 Å². The summed E-state index contributed by atoms with van der Waals surface area (Å²) in [6, 6.07) is 24.4. The maximum absolute atomic E-state index is 15.2. The minimum absolute atomic E-state index is 0.157. The van der Waals surface area contributed by atoms with E-state index in [1.807, 2.05) is 24.3 Å². The highest BCUT2D eigenvalue weighted by Gasteiger charge is 2.28. The average Bonchev–Trinajstić information content (AvgIpc) is 2.88. The highest BCUT2D eigenvalue weighted by atomic mass is 19.4. The number of rotatable bonds is 10. The molecule has 0 N–H and O–H groups in total. The Hall–Kier alpha value is -3.38. The zero-order chi connectivity index (χ0) is 25.5. The number of alkyl halides is 3. The predicted molar refractivity (Wildman–Crippen MR) is 135 cm³/mol. The van der Waals surface area contributed by atoms with E-state index in [0.717, 1.165) is 41.5 Å². The Kier molecular flexibility index (Phi) is 8.26. The summed E-state index contributed by atoms with van der Waals surface area (Å²) < 4.78 is 61.9. The lowest BCUT2D eigenvalue weighted by Crippen LogP contribution is -2.19. The first-order chi connectivity index (χ1) is 17.3. The maximum Gasteiger partial charge on any atom is 0.422 e. The topological polar surface area (TPSA) is 18.5 Å². The molecule has 4 aromatic rings. The fourth-order valence-corrected chi connectivity index (χ4v) is 4.19. The van der Waals surface area contributed by atoms with Crippen molar-refractivity contribution in [2.75, 3.05) is 20.3 Å². The minimum atomic E-state index is -4.37. The second-order valence-electron chi connectivity index (χ2n) is 8.82. The molecule has 2 nitrogen and oxygen atoms in total. The molecule has 6 heteroatoms. The van der Waals surface area contributed by atoms with Crippen LogP contribution >= 0.6 is 0 Å². The first-order valence-corrected chi connectivity index (χ1v) is 11.9. The number of fused-ring (bicyclic) bond motifs is 1. The Morgan fingerprint density at radius 1 is 0.722 bits per heavy atom. The predicted octanol–water partition coefficient (Wildman–Crippen LogP) is 7.95. The third kappa shape index (κ3) is 6.85. The van der Waals surface area contributed by atoms with Gasteiger partial charge in [0.2, 0.25) is 0 Å². The zero-order valence-electron chi connectivity index (χ0n) is 20.1. The summed E-state index contributed by atoms with van der Waals surface area (Å²) in [5.41, 5.74) is 4.88. The molecular formula is C30H28F4O2. The van der Waals surface area contributed by atoms with Crippen molar-refractivity contribution in [1.29, 1.82) is 0 Å². The van der Waals surface area contributed by atoms with Gasteiger partial charge in [0.1, 0.15) is 11.6 Å². The molecule has 0 aromatic heterocycles. The van der Waals surface area contributed by atoms with Crippen LogP contribution in [0.3, 0.4) is 0 Å². The van der Waals surface area contributed by atoms with Gasteiger partial charge in [-0.25, -0.2) is 4.39 Å². The van der Waals surface area contributed by atoms with E-state index in [2.05, 4.69) is 24.3 Å². The summed E-state index contributed by atoms with van der Waals surface area (Å²) in [5, 5.41) is 1.41. The molecule has 0 saturated heterocycles. The molecule has 188 valence electrons. The second kappa shape index (κ2) is 11.6. The fourth-order valence-electron chi connectivity index (χ4n) is 4.19. The number of halogens is 4. The van der Waals surface area contributed by atoms with Gasteiger partial charge in [-0.15, -0.1) is 0 Å². The Bertz CT molecular complexity index is 1280. The third-order valence-corrected chi connectivity index (χ3v) is 6.14. The zero-order valence-corrected chi connectivity index (χ0v) is 20.1. The maximum atomic E-state index is 15.2. The van der Waals surface area contributed by atoms with E-state index in [1.165, 1.54) is 17.7 Å². The third-order valence-electron chi connectivity index (χ3n) is 6.14. The molecule has 0 saturated carbocycles. The van der Waals surface area contributed by atoms with Crippen LogP contribution in [-0.2, 0) is 24.0 Å². The molecule has 0 heterocycles. The number of benzene rings is 4. The van der Waals surface area contributed by atoms with Gasteiger partial charge in [-0.2, -0.15) is 13.2 Å². The molecule has 0 atom stereocenters. The van der Waals surface area contributed by atoms with E-state index >= 15 is 4.39 Å². The van der Waals surface area contributed by atoms with Gasteiger partial charge in [0, 0.05) is 19.1 Å². The van der Waals surface area contributed by atoms with Gasteiger partial charge in [-0.3, -0.25) is 0 Å². The van der Waals surface area contributed by atoms with E-state index in [4.69, 9.17) is 9.47 Å². The van der Waals surface area contributed by atoms with Gasteiger partial charge < -0.3 is 9.47 Å². The molecule has 0 aliphatic carbocycles. The molecule has 0 amide bonds. The molecule has 36 heavy (non-hydrogen) atoms. The minimum Gasteiger partial charge on any atom is -0.484 e. The van der Waals surface area contributed by atoms with Crippen molar-refractivity contribution in [1.82, 2.24) is 0 Å². The fraction of sp³-hybridized carbons (Fsp3) is 0.267. The van der Waals surface area contributed by atoms with Gasteiger partial charge in [0.25, 0.3) is 0 Å². The molecule has 0 aliphatic heterocycles. The Morgan fingerprint density at radius 3 is 2.08 bits per heavy atom. The van der Waals surface area contributed by atoms with Crippen LogP contribution in [0.25, 0.3) is 21.9 Å². The van der Waals surface area contributed by atoms with Crippen LogP contribution < -0.4 is 4.74 Å². The van der Waals surface area contributed by atoms with Crippen LogP contribution in [0.4, 0.5) is 17.6 Å². The van der Waals surface area contributed by atoms with Gasteiger partial charge >= 0.3 is 6.18 Å². The lowest BCUT2D eigenvalue weighted by Gasteiger charge is -2.11. The summed E-state index contributed by atoms with van der Waals surface area (Å²) in [5.74, 6) is -0.0813. The van der Waals surface area contributed by atoms with E-state index in [0.29, 0.717) is 23.8 Å². The number of hydrogen-bond acceptors (Lipinski definition) is 2. The number of aryl methyl sites for hydroxylation is 3. The van der Waals surface area contributed by atoms with Crippen LogP contribution in [0, 0.1) is 5.82 Å². The molecule has 0 radical (unpaired) electrons. The normalized spacial score (nSPS) is 11.7. The van der Waals surface area contributed by atoms with Crippen molar-refractivity contribution in [3.63, 3.8) is 0 Å². The highest BCUT2D eigenvalue weighted by Crippen LogP contribution is 2.29. The van der Waals surface area contributed by atoms with Crippen LogP contribution in [0.5, 0.6) is 5.75 Å². The average molecular weight is 497 g/mol.